The summed E-state index contributed by atoms with van der Waals surface area (Å²) in [6.45, 7) is 7.99. The van der Waals surface area contributed by atoms with Gasteiger partial charge in [0, 0.05) is 16.8 Å². The standard InChI is InChI=1S/C27H32N2O3/c1-18(2)32-25-15-9-14-23(20(25)4)28-27(31)24(17-21-11-8-10-19(3)16-21)29-26(30)22-12-6-5-7-13-22/h5-15,18-19,24H,16-17H2,1-4H3,(H,28,31)(H,29,30). The Kier molecular flexibility index (Phi) is 7.87. The zero-order valence-electron chi connectivity index (χ0n) is 19.2. The number of ether oxygens (including phenoxy) is 1. The van der Waals surface area contributed by atoms with E-state index in [0.29, 0.717) is 23.6 Å². The van der Waals surface area contributed by atoms with Gasteiger partial charge in [-0.25, -0.2) is 0 Å². The van der Waals surface area contributed by atoms with Gasteiger partial charge in [-0.3, -0.25) is 9.59 Å². The predicted molar refractivity (Wildman–Crippen MR) is 129 cm³/mol. The second kappa shape index (κ2) is 10.8. The van der Waals surface area contributed by atoms with E-state index in [2.05, 4.69) is 23.6 Å². The van der Waals surface area contributed by atoms with Crippen molar-refractivity contribution in [1.29, 1.82) is 0 Å². The van der Waals surface area contributed by atoms with E-state index in [1.165, 1.54) is 0 Å². The number of allylic oxidation sites excluding steroid dienone is 3. The van der Waals surface area contributed by atoms with E-state index in [-0.39, 0.29) is 17.9 Å². The van der Waals surface area contributed by atoms with Crippen LogP contribution in [-0.2, 0) is 4.79 Å². The average molecular weight is 433 g/mol. The molecule has 0 saturated carbocycles. The van der Waals surface area contributed by atoms with Crippen molar-refractivity contribution in [3.8, 4) is 5.75 Å². The highest BCUT2D eigenvalue weighted by Gasteiger charge is 2.24. The normalized spacial score (nSPS) is 16.3. The summed E-state index contributed by atoms with van der Waals surface area (Å²) >= 11 is 0. The minimum Gasteiger partial charge on any atom is -0.491 e. The molecule has 0 bridgehead atoms. The van der Waals surface area contributed by atoms with Crippen LogP contribution in [0.1, 0.15) is 49.5 Å². The molecule has 2 N–H and O–H groups in total. The van der Waals surface area contributed by atoms with Crippen molar-refractivity contribution in [2.45, 2.75) is 52.7 Å². The number of benzene rings is 2. The topological polar surface area (TPSA) is 67.4 Å². The largest absolute Gasteiger partial charge is 0.491 e. The summed E-state index contributed by atoms with van der Waals surface area (Å²) in [5, 5.41) is 5.94. The van der Waals surface area contributed by atoms with E-state index < -0.39 is 6.04 Å². The van der Waals surface area contributed by atoms with Crippen LogP contribution >= 0.6 is 0 Å². The van der Waals surface area contributed by atoms with Crippen LogP contribution in [0.25, 0.3) is 0 Å². The average Bonchev–Trinajstić information content (AvgIpc) is 2.76. The Morgan fingerprint density at radius 3 is 2.53 bits per heavy atom. The van der Waals surface area contributed by atoms with Crippen molar-refractivity contribution in [2.24, 2.45) is 5.92 Å². The third kappa shape index (κ3) is 6.33. The SMILES string of the molecule is Cc1c(NC(=O)C(CC2=CC=CC(C)C2)NC(=O)c2ccccc2)cccc1OC(C)C. The molecule has 0 spiro atoms. The van der Waals surface area contributed by atoms with Gasteiger partial charge in [-0.1, -0.05) is 55.0 Å². The number of hydrogen-bond donors (Lipinski definition) is 2. The van der Waals surface area contributed by atoms with Crippen molar-refractivity contribution < 1.29 is 14.3 Å². The molecular weight excluding hydrogens is 400 g/mol. The maximum Gasteiger partial charge on any atom is 0.251 e. The van der Waals surface area contributed by atoms with Crippen molar-refractivity contribution in [3.05, 3.63) is 83.5 Å². The van der Waals surface area contributed by atoms with Gasteiger partial charge in [0.25, 0.3) is 5.91 Å². The lowest BCUT2D eigenvalue weighted by atomic mass is 9.91. The summed E-state index contributed by atoms with van der Waals surface area (Å²) in [6.07, 6.45) is 7.57. The Labute approximate surface area is 190 Å². The molecule has 0 aliphatic heterocycles. The Morgan fingerprint density at radius 2 is 1.84 bits per heavy atom. The molecular formula is C27H32N2O3. The van der Waals surface area contributed by atoms with Crippen molar-refractivity contribution in [1.82, 2.24) is 5.32 Å². The number of rotatable bonds is 8. The van der Waals surface area contributed by atoms with Gasteiger partial charge in [0.2, 0.25) is 5.91 Å². The zero-order valence-corrected chi connectivity index (χ0v) is 19.2. The first kappa shape index (κ1) is 23.3. The molecule has 5 nitrogen and oxygen atoms in total. The quantitative estimate of drug-likeness (QED) is 0.584. The summed E-state index contributed by atoms with van der Waals surface area (Å²) in [5.74, 6) is 0.633. The van der Waals surface area contributed by atoms with E-state index in [1.54, 1.807) is 12.1 Å². The number of carbonyl (C=O) groups excluding carboxylic acids is 2. The van der Waals surface area contributed by atoms with E-state index >= 15 is 0 Å². The van der Waals surface area contributed by atoms with E-state index in [1.807, 2.05) is 69.3 Å². The summed E-state index contributed by atoms with van der Waals surface area (Å²) in [6, 6.07) is 13.9. The summed E-state index contributed by atoms with van der Waals surface area (Å²) in [4.78, 5) is 26.1. The second-order valence-electron chi connectivity index (χ2n) is 8.57. The van der Waals surface area contributed by atoms with E-state index in [9.17, 15) is 9.59 Å². The fraction of sp³-hybridized carbons (Fsp3) is 0.333. The molecule has 3 rings (SSSR count). The van der Waals surface area contributed by atoms with Crippen LogP contribution in [0.4, 0.5) is 5.69 Å². The Bertz CT molecular complexity index is 1010. The highest BCUT2D eigenvalue weighted by atomic mass is 16.5. The van der Waals surface area contributed by atoms with Gasteiger partial charge in [-0.05, 0) is 63.8 Å². The molecule has 1 aliphatic carbocycles. The highest BCUT2D eigenvalue weighted by molar-refractivity contribution is 6.01. The van der Waals surface area contributed by atoms with Crippen molar-refractivity contribution in [2.75, 3.05) is 5.32 Å². The van der Waals surface area contributed by atoms with Gasteiger partial charge in [-0.2, -0.15) is 0 Å². The minimum absolute atomic E-state index is 0.0332. The molecule has 2 atom stereocenters. The Hall–Kier alpha value is -3.34. The molecule has 0 saturated heterocycles. The van der Waals surface area contributed by atoms with Gasteiger partial charge >= 0.3 is 0 Å². The van der Waals surface area contributed by atoms with Crippen LogP contribution in [0.3, 0.4) is 0 Å². The van der Waals surface area contributed by atoms with Gasteiger partial charge in [0.05, 0.1) is 6.10 Å². The number of carbonyl (C=O) groups is 2. The molecule has 1 aliphatic rings. The van der Waals surface area contributed by atoms with Crippen LogP contribution in [0.15, 0.2) is 72.3 Å². The van der Waals surface area contributed by atoms with Crippen LogP contribution in [0.5, 0.6) is 5.75 Å². The Morgan fingerprint density at radius 1 is 1.09 bits per heavy atom. The maximum atomic E-state index is 13.3. The molecule has 32 heavy (non-hydrogen) atoms. The second-order valence-corrected chi connectivity index (χ2v) is 8.57. The first-order valence-electron chi connectivity index (χ1n) is 11.1. The van der Waals surface area contributed by atoms with Crippen LogP contribution in [0.2, 0.25) is 0 Å². The van der Waals surface area contributed by atoms with E-state index in [4.69, 9.17) is 4.74 Å². The molecule has 2 unspecified atom stereocenters. The first-order chi connectivity index (χ1) is 15.3. The van der Waals surface area contributed by atoms with Gasteiger partial charge in [0.15, 0.2) is 0 Å². The molecule has 0 fully saturated rings. The first-order valence-corrected chi connectivity index (χ1v) is 11.1. The smallest absolute Gasteiger partial charge is 0.251 e. The fourth-order valence-corrected chi connectivity index (χ4v) is 3.74. The highest BCUT2D eigenvalue weighted by Crippen LogP contribution is 2.27. The van der Waals surface area contributed by atoms with Gasteiger partial charge in [0.1, 0.15) is 11.8 Å². The minimum atomic E-state index is -0.693. The monoisotopic (exact) mass is 432 g/mol. The number of hydrogen-bond acceptors (Lipinski definition) is 3. The predicted octanol–water partition coefficient (Wildman–Crippen LogP) is 5.43. The molecule has 0 heterocycles. The molecule has 2 aromatic carbocycles. The summed E-state index contributed by atoms with van der Waals surface area (Å²) in [5.41, 5.74) is 3.20. The lowest BCUT2D eigenvalue weighted by Crippen LogP contribution is -2.44. The zero-order chi connectivity index (χ0) is 23.1. The molecule has 0 radical (unpaired) electrons. The third-order valence-corrected chi connectivity index (χ3v) is 5.38. The molecule has 5 heteroatoms. The van der Waals surface area contributed by atoms with Gasteiger partial charge in [-0.15, -0.1) is 0 Å². The maximum absolute atomic E-state index is 13.3. The fourth-order valence-electron chi connectivity index (χ4n) is 3.74. The van der Waals surface area contributed by atoms with Crippen molar-refractivity contribution in [3.63, 3.8) is 0 Å². The number of amides is 2. The molecule has 0 aromatic heterocycles. The van der Waals surface area contributed by atoms with Crippen LogP contribution < -0.4 is 15.4 Å². The van der Waals surface area contributed by atoms with Crippen LogP contribution in [-0.4, -0.2) is 24.0 Å². The summed E-state index contributed by atoms with van der Waals surface area (Å²) in [7, 11) is 0. The lowest BCUT2D eigenvalue weighted by molar-refractivity contribution is -0.118. The molecule has 2 amide bonds. The number of nitrogens with one attached hydrogen (secondary N) is 2. The lowest BCUT2D eigenvalue weighted by Gasteiger charge is -2.23. The van der Waals surface area contributed by atoms with Crippen LogP contribution in [0, 0.1) is 12.8 Å². The Balaban J connectivity index is 1.80. The van der Waals surface area contributed by atoms with E-state index in [0.717, 1.165) is 23.3 Å². The van der Waals surface area contributed by atoms with Crippen molar-refractivity contribution >= 4 is 17.5 Å². The third-order valence-electron chi connectivity index (χ3n) is 5.38. The number of anilines is 1. The summed E-state index contributed by atoms with van der Waals surface area (Å²) < 4.78 is 5.85. The molecule has 2 aromatic rings. The molecule has 168 valence electrons. The van der Waals surface area contributed by atoms with Gasteiger partial charge < -0.3 is 15.4 Å².